The summed E-state index contributed by atoms with van der Waals surface area (Å²) < 4.78 is 0. The summed E-state index contributed by atoms with van der Waals surface area (Å²) in [6, 6.07) is 16.3. The smallest absolute Gasteiger partial charge is 0.232 e. The predicted molar refractivity (Wildman–Crippen MR) is 109 cm³/mol. The number of amides is 1. The van der Waals surface area contributed by atoms with E-state index >= 15 is 0 Å². The fourth-order valence-corrected chi connectivity index (χ4v) is 4.77. The van der Waals surface area contributed by atoms with Crippen LogP contribution in [0.25, 0.3) is 0 Å². The standard InChI is InChI=1S/C21H25N3O2S/c25-16-15-23-13-11-22(12-14-23)10-9-21(26)24-17-5-1-3-7-19(17)27-20-8-4-2-6-18(20)24/h1-8,25H,9-16H2. The molecule has 0 unspecified atom stereocenters. The van der Waals surface area contributed by atoms with Gasteiger partial charge in [-0.1, -0.05) is 36.0 Å². The fourth-order valence-electron chi connectivity index (χ4n) is 3.72. The normalized spacial score (nSPS) is 17.4. The van der Waals surface area contributed by atoms with Crippen molar-refractivity contribution < 1.29 is 9.90 Å². The molecule has 0 aromatic heterocycles. The number of β-amino-alcohol motifs (C(OH)–C–C–N with tert-alkyl or cyclic N) is 1. The number of hydrogen-bond acceptors (Lipinski definition) is 5. The monoisotopic (exact) mass is 383 g/mol. The molecule has 142 valence electrons. The van der Waals surface area contributed by atoms with Crippen molar-refractivity contribution in [3.8, 4) is 0 Å². The maximum atomic E-state index is 13.2. The summed E-state index contributed by atoms with van der Waals surface area (Å²) in [4.78, 5) is 21.9. The van der Waals surface area contributed by atoms with Crippen LogP contribution in [-0.2, 0) is 4.79 Å². The zero-order valence-electron chi connectivity index (χ0n) is 15.4. The quantitative estimate of drug-likeness (QED) is 0.860. The second-order valence-corrected chi connectivity index (χ2v) is 8.01. The molecular weight excluding hydrogens is 358 g/mol. The highest BCUT2D eigenvalue weighted by atomic mass is 32.2. The number of benzene rings is 2. The third-order valence-corrected chi connectivity index (χ3v) is 6.33. The molecule has 2 aromatic rings. The molecule has 0 spiro atoms. The molecule has 27 heavy (non-hydrogen) atoms. The largest absolute Gasteiger partial charge is 0.395 e. The van der Waals surface area contributed by atoms with Crippen LogP contribution in [0, 0.1) is 0 Å². The second-order valence-electron chi connectivity index (χ2n) is 6.92. The topological polar surface area (TPSA) is 47.0 Å². The van der Waals surface area contributed by atoms with E-state index in [9.17, 15) is 4.79 Å². The van der Waals surface area contributed by atoms with E-state index < -0.39 is 0 Å². The molecule has 0 saturated carbocycles. The summed E-state index contributed by atoms with van der Waals surface area (Å²) >= 11 is 1.72. The molecule has 1 saturated heterocycles. The summed E-state index contributed by atoms with van der Waals surface area (Å²) in [5.74, 6) is 0.146. The first kappa shape index (κ1) is 18.5. The van der Waals surface area contributed by atoms with Crippen molar-refractivity contribution >= 4 is 29.0 Å². The number of piperazine rings is 1. The number of carbonyl (C=O) groups excluding carboxylic acids is 1. The number of aliphatic hydroxyl groups excluding tert-OH is 1. The van der Waals surface area contributed by atoms with Crippen molar-refractivity contribution in [1.82, 2.24) is 9.80 Å². The van der Waals surface area contributed by atoms with Gasteiger partial charge in [0.15, 0.2) is 0 Å². The predicted octanol–water partition coefficient (Wildman–Crippen LogP) is 2.82. The highest BCUT2D eigenvalue weighted by Crippen LogP contribution is 2.48. The lowest BCUT2D eigenvalue weighted by Gasteiger charge is -2.35. The molecule has 2 aliphatic rings. The van der Waals surface area contributed by atoms with Gasteiger partial charge in [-0.05, 0) is 24.3 Å². The molecule has 1 N–H and O–H groups in total. The first-order valence-corrected chi connectivity index (χ1v) is 10.3. The van der Waals surface area contributed by atoms with E-state index in [-0.39, 0.29) is 12.5 Å². The summed E-state index contributed by atoms with van der Waals surface area (Å²) in [6.45, 7) is 5.56. The minimum atomic E-state index is 0.146. The van der Waals surface area contributed by atoms with Crippen LogP contribution in [0.5, 0.6) is 0 Å². The van der Waals surface area contributed by atoms with Gasteiger partial charge < -0.3 is 10.0 Å². The summed E-state index contributed by atoms with van der Waals surface area (Å²) in [6.07, 6.45) is 0.507. The Balaban J connectivity index is 1.45. The number of fused-ring (bicyclic) bond motifs is 2. The maximum absolute atomic E-state index is 13.2. The Morgan fingerprint density at radius 2 is 1.37 bits per heavy atom. The van der Waals surface area contributed by atoms with E-state index in [1.54, 1.807) is 11.8 Å². The van der Waals surface area contributed by atoms with Gasteiger partial charge in [-0.25, -0.2) is 0 Å². The van der Waals surface area contributed by atoms with Gasteiger partial charge in [0.2, 0.25) is 5.91 Å². The number of para-hydroxylation sites is 2. The Kier molecular flexibility index (Phi) is 5.78. The van der Waals surface area contributed by atoms with Crippen LogP contribution in [0.2, 0.25) is 0 Å². The van der Waals surface area contributed by atoms with Gasteiger partial charge in [0.1, 0.15) is 0 Å². The van der Waals surface area contributed by atoms with Crippen molar-refractivity contribution in [2.75, 3.05) is 50.8 Å². The third kappa shape index (κ3) is 4.04. The molecule has 5 nitrogen and oxygen atoms in total. The Morgan fingerprint density at radius 3 is 1.93 bits per heavy atom. The van der Waals surface area contributed by atoms with E-state index in [0.717, 1.165) is 60.4 Å². The Labute approximate surface area is 164 Å². The number of carbonyl (C=O) groups is 1. The summed E-state index contributed by atoms with van der Waals surface area (Å²) in [7, 11) is 0. The van der Waals surface area contributed by atoms with E-state index in [1.165, 1.54) is 0 Å². The second kappa shape index (κ2) is 8.44. The zero-order valence-corrected chi connectivity index (χ0v) is 16.2. The summed E-state index contributed by atoms with van der Waals surface area (Å²) in [5.41, 5.74) is 1.97. The average Bonchev–Trinajstić information content (AvgIpc) is 2.71. The molecule has 0 atom stereocenters. The molecule has 2 heterocycles. The Morgan fingerprint density at radius 1 is 0.852 bits per heavy atom. The number of anilines is 2. The molecule has 0 radical (unpaired) electrons. The minimum Gasteiger partial charge on any atom is -0.395 e. The lowest BCUT2D eigenvalue weighted by Crippen LogP contribution is -2.47. The van der Waals surface area contributed by atoms with Gasteiger partial charge in [-0.2, -0.15) is 0 Å². The van der Waals surface area contributed by atoms with Gasteiger partial charge in [0.05, 0.1) is 18.0 Å². The number of nitrogens with zero attached hydrogens (tertiary/aromatic N) is 3. The van der Waals surface area contributed by atoms with Crippen molar-refractivity contribution in [1.29, 1.82) is 0 Å². The van der Waals surface area contributed by atoms with Gasteiger partial charge in [0, 0.05) is 55.5 Å². The summed E-state index contributed by atoms with van der Waals surface area (Å²) in [5, 5.41) is 9.06. The molecule has 6 heteroatoms. The maximum Gasteiger partial charge on any atom is 0.232 e. The van der Waals surface area contributed by atoms with Crippen LogP contribution < -0.4 is 4.90 Å². The molecule has 0 aliphatic carbocycles. The van der Waals surface area contributed by atoms with Crippen LogP contribution in [0.1, 0.15) is 6.42 Å². The van der Waals surface area contributed by atoms with Gasteiger partial charge in [-0.15, -0.1) is 0 Å². The molecule has 1 amide bonds. The lowest BCUT2D eigenvalue weighted by atomic mass is 10.2. The average molecular weight is 384 g/mol. The van der Waals surface area contributed by atoms with Gasteiger partial charge in [0.25, 0.3) is 0 Å². The first-order valence-electron chi connectivity index (χ1n) is 9.51. The first-order chi connectivity index (χ1) is 13.3. The van der Waals surface area contributed by atoms with Crippen LogP contribution in [0.15, 0.2) is 58.3 Å². The van der Waals surface area contributed by atoms with Crippen LogP contribution >= 0.6 is 11.8 Å². The van der Waals surface area contributed by atoms with Crippen molar-refractivity contribution in [3.63, 3.8) is 0 Å². The fraction of sp³-hybridized carbons (Fsp3) is 0.381. The van der Waals surface area contributed by atoms with E-state index in [2.05, 4.69) is 21.9 Å². The third-order valence-electron chi connectivity index (χ3n) is 5.20. The van der Waals surface area contributed by atoms with Crippen molar-refractivity contribution in [2.24, 2.45) is 0 Å². The Hall–Kier alpha value is -1.86. The molecule has 2 aliphatic heterocycles. The van der Waals surface area contributed by atoms with E-state index in [0.29, 0.717) is 6.42 Å². The van der Waals surface area contributed by atoms with Gasteiger partial charge >= 0.3 is 0 Å². The SMILES string of the molecule is O=C(CCN1CCN(CCO)CC1)N1c2ccccc2Sc2ccccc21. The Bertz CT molecular complexity index is 760. The number of rotatable bonds is 5. The van der Waals surface area contributed by atoms with Crippen molar-refractivity contribution in [2.45, 2.75) is 16.2 Å². The number of aliphatic hydroxyl groups is 1. The van der Waals surface area contributed by atoms with E-state index in [4.69, 9.17) is 5.11 Å². The van der Waals surface area contributed by atoms with Crippen LogP contribution in [-0.4, -0.2) is 66.7 Å². The highest BCUT2D eigenvalue weighted by Gasteiger charge is 2.28. The molecule has 4 rings (SSSR count). The van der Waals surface area contributed by atoms with Crippen LogP contribution in [0.3, 0.4) is 0 Å². The van der Waals surface area contributed by atoms with Crippen molar-refractivity contribution in [3.05, 3.63) is 48.5 Å². The van der Waals surface area contributed by atoms with Gasteiger partial charge in [-0.3, -0.25) is 14.6 Å². The lowest BCUT2D eigenvalue weighted by molar-refractivity contribution is -0.118. The van der Waals surface area contributed by atoms with Crippen LogP contribution in [0.4, 0.5) is 11.4 Å². The minimum absolute atomic E-state index is 0.146. The number of hydrogen-bond donors (Lipinski definition) is 1. The highest BCUT2D eigenvalue weighted by molar-refractivity contribution is 7.99. The molecular formula is C21H25N3O2S. The molecule has 2 aromatic carbocycles. The molecule has 0 bridgehead atoms. The van der Waals surface area contributed by atoms with E-state index in [1.807, 2.05) is 41.3 Å². The zero-order chi connectivity index (χ0) is 18.6. The molecule has 1 fully saturated rings.